The van der Waals surface area contributed by atoms with Crippen LogP contribution < -0.4 is 5.32 Å². The van der Waals surface area contributed by atoms with Gasteiger partial charge in [0.05, 0.1) is 6.10 Å². The van der Waals surface area contributed by atoms with E-state index in [0.717, 1.165) is 0 Å². The standard InChI is InChI=1S/C5H11N5O/c1-2-4(11)3-6-5-7-9-10-8-5/h4,11H,2-3H2,1H3,(H2,6,7,8,9,10). The minimum absolute atomic E-state index is 0.347. The molecule has 0 aliphatic heterocycles. The van der Waals surface area contributed by atoms with E-state index in [2.05, 4.69) is 25.9 Å². The summed E-state index contributed by atoms with van der Waals surface area (Å²) in [5.74, 6) is 0.484. The van der Waals surface area contributed by atoms with Crippen LogP contribution in [0.2, 0.25) is 0 Å². The summed E-state index contributed by atoms with van der Waals surface area (Å²) in [6.07, 6.45) is 0.370. The number of H-pyrrole nitrogens is 1. The third-order valence-electron chi connectivity index (χ3n) is 1.32. The molecule has 0 aliphatic carbocycles. The van der Waals surface area contributed by atoms with Gasteiger partial charge in [0, 0.05) is 6.54 Å². The first-order valence-electron chi connectivity index (χ1n) is 3.48. The lowest BCUT2D eigenvalue weighted by Crippen LogP contribution is -2.18. The molecule has 6 heteroatoms. The number of hydrogen-bond donors (Lipinski definition) is 3. The summed E-state index contributed by atoms with van der Waals surface area (Å²) in [7, 11) is 0. The van der Waals surface area contributed by atoms with E-state index in [1.54, 1.807) is 0 Å². The Hall–Kier alpha value is -1.17. The Morgan fingerprint density at radius 1 is 1.73 bits per heavy atom. The molecule has 0 saturated heterocycles. The van der Waals surface area contributed by atoms with Gasteiger partial charge in [-0.3, -0.25) is 0 Å². The van der Waals surface area contributed by atoms with Crippen molar-refractivity contribution in [2.75, 3.05) is 11.9 Å². The average Bonchev–Trinajstić information content (AvgIpc) is 2.52. The van der Waals surface area contributed by atoms with E-state index in [1.807, 2.05) is 6.92 Å². The highest BCUT2D eigenvalue weighted by Crippen LogP contribution is 1.93. The highest BCUT2D eigenvalue weighted by Gasteiger charge is 2.00. The third-order valence-corrected chi connectivity index (χ3v) is 1.32. The number of aromatic nitrogens is 4. The molecule has 0 bridgehead atoms. The minimum Gasteiger partial charge on any atom is -0.391 e. The van der Waals surface area contributed by atoms with Crippen molar-refractivity contribution in [3.05, 3.63) is 0 Å². The van der Waals surface area contributed by atoms with Crippen molar-refractivity contribution in [2.24, 2.45) is 0 Å². The number of tetrazole rings is 1. The maximum Gasteiger partial charge on any atom is 0.240 e. The predicted molar refractivity (Wildman–Crippen MR) is 39.0 cm³/mol. The predicted octanol–water partition coefficient (Wildman–Crippen LogP) is -0.618. The van der Waals surface area contributed by atoms with E-state index in [0.29, 0.717) is 18.9 Å². The van der Waals surface area contributed by atoms with Gasteiger partial charge in [0.1, 0.15) is 0 Å². The zero-order valence-electron chi connectivity index (χ0n) is 6.28. The molecular formula is C5H11N5O. The highest BCUT2D eigenvalue weighted by atomic mass is 16.3. The number of nitrogens with zero attached hydrogens (tertiary/aromatic N) is 3. The molecule has 0 aromatic carbocycles. The van der Waals surface area contributed by atoms with Crippen LogP contribution in [0.25, 0.3) is 0 Å². The van der Waals surface area contributed by atoms with Gasteiger partial charge < -0.3 is 10.4 Å². The van der Waals surface area contributed by atoms with Crippen molar-refractivity contribution < 1.29 is 5.11 Å². The summed E-state index contributed by atoms with van der Waals surface area (Å²) < 4.78 is 0. The van der Waals surface area contributed by atoms with E-state index >= 15 is 0 Å². The number of aliphatic hydroxyl groups excluding tert-OH is 1. The summed E-state index contributed by atoms with van der Waals surface area (Å²) in [6.45, 7) is 2.37. The maximum absolute atomic E-state index is 9.11. The molecule has 1 aromatic rings. The number of rotatable bonds is 4. The summed E-state index contributed by atoms with van der Waals surface area (Å²) in [5.41, 5.74) is 0. The van der Waals surface area contributed by atoms with E-state index in [1.165, 1.54) is 0 Å². The Morgan fingerprint density at radius 3 is 3.09 bits per heavy atom. The quantitative estimate of drug-likeness (QED) is 0.542. The fourth-order valence-corrected chi connectivity index (χ4v) is 0.593. The summed E-state index contributed by atoms with van der Waals surface area (Å²) in [4.78, 5) is 0. The second-order valence-corrected chi connectivity index (χ2v) is 2.19. The molecule has 3 N–H and O–H groups in total. The third kappa shape index (κ3) is 2.50. The molecule has 0 amide bonds. The average molecular weight is 157 g/mol. The Morgan fingerprint density at radius 2 is 2.55 bits per heavy atom. The normalized spacial score (nSPS) is 12.9. The lowest BCUT2D eigenvalue weighted by Gasteiger charge is -2.06. The van der Waals surface area contributed by atoms with E-state index in [4.69, 9.17) is 5.11 Å². The first-order valence-corrected chi connectivity index (χ1v) is 3.48. The molecule has 11 heavy (non-hydrogen) atoms. The van der Waals surface area contributed by atoms with Crippen molar-refractivity contribution in [1.82, 2.24) is 20.6 Å². The molecule has 1 unspecified atom stereocenters. The zero-order chi connectivity index (χ0) is 8.10. The monoisotopic (exact) mass is 157 g/mol. The minimum atomic E-state index is -0.347. The van der Waals surface area contributed by atoms with Gasteiger partial charge in [-0.2, -0.15) is 0 Å². The number of aliphatic hydroxyl groups is 1. The van der Waals surface area contributed by atoms with Crippen LogP contribution in [0.1, 0.15) is 13.3 Å². The van der Waals surface area contributed by atoms with Crippen LogP contribution in [0.5, 0.6) is 0 Å². The Balaban J connectivity index is 2.23. The second kappa shape index (κ2) is 3.87. The highest BCUT2D eigenvalue weighted by molar-refractivity contribution is 5.18. The van der Waals surface area contributed by atoms with Crippen LogP contribution in [0, 0.1) is 0 Å². The molecule has 0 spiro atoms. The van der Waals surface area contributed by atoms with Crippen molar-refractivity contribution in [3.63, 3.8) is 0 Å². The van der Waals surface area contributed by atoms with Crippen LogP contribution >= 0.6 is 0 Å². The second-order valence-electron chi connectivity index (χ2n) is 2.19. The Labute approximate surface area is 64.0 Å². The zero-order valence-corrected chi connectivity index (χ0v) is 6.28. The molecule has 6 nitrogen and oxygen atoms in total. The topological polar surface area (TPSA) is 86.7 Å². The molecule has 1 atom stereocenters. The molecule has 1 rings (SSSR count). The smallest absolute Gasteiger partial charge is 0.240 e. The van der Waals surface area contributed by atoms with Crippen LogP contribution in [0.15, 0.2) is 0 Å². The van der Waals surface area contributed by atoms with Gasteiger partial charge in [-0.15, -0.1) is 0 Å². The number of anilines is 1. The molecular weight excluding hydrogens is 146 g/mol. The maximum atomic E-state index is 9.11. The summed E-state index contributed by atoms with van der Waals surface area (Å²) >= 11 is 0. The first kappa shape index (κ1) is 7.93. The lowest BCUT2D eigenvalue weighted by atomic mass is 10.3. The summed E-state index contributed by atoms with van der Waals surface area (Å²) in [5, 5.41) is 24.8. The van der Waals surface area contributed by atoms with Crippen LogP contribution in [0.3, 0.4) is 0 Å². The fourth-order valence-electron chi connectivity index (χ4n) is 0.593. The molecule has 0 saturated carbocycles. The van der Waals surface area contributed by atoms with Gasteiger partial charge in [-0.25, -0.2) is 5.10 Å². The van der Waals surface area contributed by atoms with Gasteiger partial charge in [-0.1, -0.05) is 12.0 Å². The van der Waals surface area contributed by atoms with Gasteiger partial charge >= 0.3 is 0 Å². The largest absolute Gasteiger partial charge is 0.391 e. The van der Waals surface area contributed by atoms with Gasteiger partial charge in [-0.05, 0) is 16.8 Å². The number of nitrogens with one attached hydrogen (secondary N) is 2. The van der Waals surface area contributed by atoms with Crippen LogP contribution in [-0.4, -0.2) is 38.4 Å². The molecule has 1 heterocycles. The SMILES string of the molecule is CCC(O)CNc1nnn[nH]1. The molecule has 1 aromatic heterocycles. The van der Waals surface area contributed by atoms with E-state index in [-0.39, 0.29) is 6.10 Å². The fraction of sp³-hybridized carbons (Fsp3) is 0.800. The molecule has 0 radical (unpaired) electrons. The van der Waals surface area contributed by atoms with Gasteiger partial charge in [0.25, 0.3) is 0 Å². The van der Waals surface area contributed by atoms with Crippen molar-refractivity contribution in [1.29, 1.82) is 0 Å². The van der Waals surface area contributed by atoms with Gasteiger partial charge in [0.15, 0.2) is 0 Å². The van der Waals surface area contributed by atoms with Crippen molar-refractivity contribution in [3.8, 4) is 0 Å². The van der Waals surface area contributed by atoms with E-state index < -0.39 is 0 Å². The Bertz CT molecular complexity index is 187. The molecule has 0 aliphatic rings. The van der Waals surface area contributed by atoms with Crippen molar-refractivity contribution >= 4 is 5.95 Å². The number of hydrogen-bond acceptors (Lipinski definition) is 5. The lowest BCUT2D eigenvalue weighted by molar-refractivity contribution is 0.183. The van der Waals surface area contributed by atoms with Gasteiger partial charge in [0.2, 0.25) is 5.95 Å². The molecule has 0 fully saturated rings. The van der Waals surface area contributed by atoms with E-state index in [9.17, 15) is 0 Å². The number of aromatic amines is 1. The van der Waals surface area contributed by atoms with Crippen LogP contribution in [-0.2, 0) is 0 Å². The Kier molecular flexibility index (Phi) is 2.79. The van der Waals surface area contributed by atoms with Crippen LogP contribution in [0.4, 0.5) is 5.95 Å². The molecule has 62 valence electrons. The van der Waals surface area contributed by atoms with Crippen molar-refractivity contribution in [2.45, 2.75) is 19.4 Å². The first-order chi connectivity index (χ1) is 5.33. The summed E-state index contributed by atoms with van der Waals surface area (Å²) in [6, 6.07) is 0.